The zero-order valence-corrected chi connectivity index (χ0v) is 8.86. The highest BCUT2D eigenvalue weighted by atomic mass is 13.9. The topological polar surface area (TPSA) is 0 Å². The van der Waals surface area contributed by atoms with Gasteiger partial charge in [-0.2, -0.15) is 0 Å². The van der Waals surface area contributed by atoms with E-state index in [0.717, 1.165) is 12.8 Å². The third-order valence-corrected chi connectivity index (χ3v) is 2.22. The molecule has 0 unspecified atom stereocenters. The lowest BCUT2D eigenvalue weighted by Gasteiger charge is -1.90. The summed E-state index contributed by atoms with van der Waals surface area (Å²) in [6.45, 7) is 0. The summed E-state index contributed by atoms with van der Waals surface area (Å²) in [5.74, 6) is 0. The van der Waals surface area contributed by atoms with Crippen molar-refractivity contribution >= 4 is 0 Å². The van der Waals surface area contributed by atoms with Crippen molar-refractivity contribution in [2.24, 2.45) is 0 Å². The van der Waals surface area contributed by atoms with E-state index in [4.69, 9.17) is 0 Å². The second kappa shape index (κ2) is 8.55. The smallest absolute Gasteiger partial charge is 0.0313 e. The first-order chi connectivity index (χ1) is 7.00. The summed E-state index contributed by atoms with van der Waals surface area (Å²) in [6, 6.07) is 0. The summed E-state index contributed by atoms with van der Waals surface area (Å²) in [7, 11) is 0. The van der Waals surface area contributed by atoms with Crippen LogP contribution in [-0.2, 0) is 0 Å². The van der Waals surface area contributed by atoms with E-state index < -0.39 is 0 Å². The molecule has 1 aliphatic rings. The number of hydrogen-bond donors (Lipinski definition) is 0. The van der Waals surface area contributed by atoms with Crippen LogP contribution in [0.25, 0.3) is 0 Å². The Labute approximate surface area is 87.7 Å². The lowest BCUT2D eigenvalue weighted by Crippen LogP contribution is -1.70. The normalized spacial score (nSPS) is 28.6. The van der Waals surface area contributed by atoms with Crippen LogP contribution in [0.15, 0.2) is 48.6 Å². The first kappa shape index (κ1) is 11.0. The molecule has 0 N–H and O–H groups in total. The predicted molar refractivity (Wildman–Crippen MR) is 64.3 cm³/mol. The maximum absolute atomic E-state index is 2.29. The molecule has 14 heavy (non-hydrogen) atoms. The maximum Gasteiger partial charge on any atom is -0.0313 e. The van der Waals surface area contributed by atoms with Gasteiger partial charge in [-0.05, 0) is 38.5 Å². The van der Waals surface area contributed by atoms with Crippen LogP contribution in [-0.4, -0.2) is 0 Å². The average Bonchev–Trinajstić information content (AvgIpc) is 2.22. The van der Waals surface area contributed by atoms with Gasteiger partial charge in [0.05, 0.1) is 0 Å². The van der Waals surface area contributed by atoms with Crippen LogP contribution in [0.5, 0.6) is 0 Å². The quantitative estimate of drug-likeness (QED) is 0.489. The Morgan fingerprint density at radius 1 is 0.357 bits per heavy atom. The van der Waals surface area contributed by atoms with Gasteiger partial charge in [-0.3, -0.25) is 0 Å². The summed E-state index contributed by atoms with van der Waals surface area (Å²) >= 11 is 0. The van der Waals surface area contributed by atoms with Gasteiger partial charge in [0.25, 0.3) is 0 Å². The van der Waals surface area contributed by atoms with Gasteiger partial charge in [-0.15, -0.1) is 0 Å². The molecule has 0 fully saturated rings. The third kappa shape index (κ3) is 6.47. The van der Waals surface area contributed by atoms with E-state index in [-0.39, 0.29) is 0 Å². The van der Waals surface area contributed by atoms with Crippen molar-refractivity contribution in [3.8, 4) is 0 Å². The molecule has 0 bridgehead atoms. The summed E-state index contributed by atoms with van der Waals surface area (Å²) < 4.78 is 0. The fraction of sp³-hybridized carbons (Fsp3) is 0.429. The molecule has 0 saturated heterocycles. The summed E-state index contributed by atoms with van der Waals surface area (Å²) in [5.41, 5.74) is 0. The first-order valence-corrected chi connectivity index (χ1v) is 5.62. The summed E-state index contributed by atoms with van der Waals surface area (Å²) in [6.07, 6.45) is 25.0. The Hall–Kier alpha value is -1.04. The van der Waals surface area contributed by atoms with Gasteiger partial charge in [0, 0.05) is 0 Å². The van der Waals surface area contributed by atoms with E-state index in [9.17, 15) is 0 Å². The van der Waals surface area contributed by atoms with Crippen LogP contribution in [0.4, 0.5) is 0 Å². The highest BCUT2D eigenvalue weighted by Gasteiger charge is 1.80. The highest BCUT2D eigenvalue weighted by Crippen LogP contribution is 2.01. The lowest BCUT2D eigenvalue weighted by molar-refractivity contribution is 0.983. The Kier molecular flexibility index (Phi) is 6.74. The molecule has 0 aromatic rings. The molecule has 0 aliphatic heterocycles. The standard InChI is InChI=1S/C14H20/c1-2-4-6-8-10-12-14-13-11-9-7-5-3-1/h1-4,9-12H,5-8,13-14H2/b3-1-,4-2-,11-9-,12-10-. The highest BCUT2D eigenvalue weighted by molar-refractivity contribution is 5.04. The average molecular weight is 188 g/mol. The number of rotatable bonds is 0. The molecule has 0 nitrogen and oxygen atoms in total. The molecule has 0 atom stereocenters. The first-order valence-electron chi connectivity index (χ1n) is 5.62. The van der Waals surface area contributed by atoms with Crippen molar-refractivity contribution in [1.82, 2.24) is 0 Å². The molecule has 1 aliphatic carbocycles. The van der Waals surface area contributed by atoms with E-state index in [0.29, 0.717) is 0 Å². The van der Waals surface area contributed by atoms with Gasteiger partial charge in [0.15, 0.2) is 0 Å². The molecule has 0 radical (unpaired) electrons. The molecule has 0 amide bonds. The van der Waals surface area contributed by atoms with Crippen molar-refractivity contribution in [1.29, 1.82) is 0 Å². The Morgan fingerprint density at radius 3 is 1.00 bits per heavy atom. The van der Waals surface area contributed by atoms with Crippen molar-refractivity contribution in [2.75, 3.05) is 0 Å². The maximum atomic E-state index is 2.29. The van der Waals surface area contributed by atoms with E-state index in [2.05, 4.69) is 48.6 Å². The SMILES string of the molecule is C1=C\CC/C=C\CC/C=C\CC\C=C/1. The molecule has 0 heterocycles. The predicted octanol–water partition coefficient (Wildman–Crippen LogP) is 4.57. The monoisotopic (exact) mass is 188 g/mol. The Morgan fingerprint density at radius 2 is 0.643 bits per heavy atom. The molecule has 76 valence electrons. The molecule has 0 saturated carbocycles. The van der Waals surface area contributed by atoms with Gasteiger partial charge < -0.3 is 0 Å². The van der Waals surface area contributed by atoms with Gasteiger partial charge >= 0.3 is 0 Å². The molecule has 1 rings (SSSR count). The molecular weight excluding hydrogens is 168 g/mol. The minimum Gasteiger partial charge on any atom is -0.0882 e. The Balaban J connectivity index is 2.34. The zero-order chi connectivity index (χ0) is 9.90. The van der Waals surface area contributed by atoms with Crippen molar-refractivity contribution < 1.29 is 0 Å². The van der Waals surface area contributed by atoms with Crippen LogP contribution in [0.1, 0.15) is 38.5 Å². The van der Waals surface area contributed by atoms with E-state index in [1.165, 1.54) is 25.7 Å². The Bertz CT molecular complexity index is 202. The minimum atomic E-state index is 1.16. The third-order valence-electron chi connectivity index (χ3n) is 2.22. The summed E-state index contributed by atoms with van der Waals surface area (Å²) in [4.78, 5) is 0. The minimum absolute atomic E-state index is 1.16. The summed E-state index contributed by atoms with van der Waals surface area (Å²) in [5, 5.41) is 0. The number of hydrogen-bond acceptors (Lipinski definition) is 0. The zero-order valence-electron chi connectivity index (χ0n) is 8.86. The van der Waals surface area contributed by atoms with Gasteiger partial charge in [-0.25, -0.2) is 0 Å². The van der Waals surface area contributed by atoms with Crippen molar-refractivity contribution in [2.45, 2.75) is 38.5 Å². The van der Waals surface area contributed by atoms with Crippen molar-refractivity contribution in [3.63, 3.8) is 0 Å². The fourth-order valence-electron chi connectivity index (χ4n) is 1.40. The van der Waals surface area contributed by atoms with Crippen LogP contribution >= 0.6 is 0 Å². The molecule has 0 heteroatoms. The fourth-order valence-corrected chi connectivity index (χ4v) is 1.40. The lowest BCUT2D eigenvalue weighted by atomic mass is 10.2. The van der Waals surface area contributed by atoms with Gasteiger partial charge in [0.2, 0.25) is 0 Å². The van der Waals surface area contributed by atoms with Crippen LogP contribution in [0.3, 0.4) is 0 Å². The molecule has 0 aromatic carbocycles. The number of allylic oxidation sites excluding steroid dienone is 8. The molecular formula is C14H20. The van der Waals surface area contributed by atoms with E-state index >= 15 is 0 Å². The van der Waals surface area contributed by atoms with Crippen LogP contribution < -0.4 is 0 Å². The van der Waals surface area contributed by atoms with E-state index in [1.807, 2.05) is 0 Å². The largest absolute Gasteiger partial charge is 0.0882 e. The van der Waals surface area contributed by atoms with Gasteiger partial charge in [-0.1, -0.05) is 48.6 Å². The second-order valence-corrected chi connectivity index (χ2v) is 3.53. The van der Waals surface area contributed by atoms with Crippen molar-refractivity contribution in [3.05, 3.63) is 48.6 Å². The van der Waals surface area contributed by atoms with Gasteiger partial charge in [0.1, 0.15) is 0 Å². The van der Waals surface area contributed by atoms with E-state index in [1.54, 1.807) is 0 Å². The van der Waals surface area contributed by atoms with Crippen LogP contribution in [0.2, 0.25) is 0 Å². The molecule has 0 spiro atoms. The second-order valence-electron chi connectivity index (χ2n) is 3.53. The molecule has 0 aromatic heterocycles. The van der Waals surface area contributed by atoms with Crippen LogP contribution in [0, 0.1) is 0 Å².